The van der Waals surface area contributed by atoms with Crippen molar-refractivity contribution in [1.29, 1.82) is 0 Å². The van der Waals surface area contributed by atoms with E-state index in [2.05, 4.69) is 5.32 Å². The van der Waals surface area contributed by atoms with Crippen LogP contribution < -0.4 is 5.32 Å². The average molecular weight is 269 g/mol. The number of carbonyl (C=O) groups is 2. The zero-order valence-corrected chi connectivity index (χ0v) is 11.3. The predicted octanol–water partition coefficient (Wildman–Crippen LogP) is 2.58. The van der Waals surface area contributed by atoms with Crippen molar-refractivity contribution >= 4 is 11.8 Å². The van der Waals surface area contributed by atoms with Crippen molar-refractivity contribution in [3.05, 3.63) is 64.7 Å². The van der Waals surface area contributed by atoms with Crippen molar-refractivity contribution in [2.75, 3.05) is 0 Å². The second kappa shape index (κ2) is 5.57. The van der Waals surface area contributed by atoms with E-state index in [4.69, 9.17) is 0 Å². The molecule has 0 unspecified atom stereocenters. The van der Waals surface area contributed by atoms with Gasteiger partial charge in [-0.25, -0.2) is 0 Å². The Bertz CT molecular complexity index is 677. The quantitative estimate of drug-likeness (QED) is 0.823. The van der Waals surface area contributed by atoms with Crippen molar-refractivity contribution in [2.24, 2.45) is 0 Å². The summed E-state index contributed by atoms with van der Waals surface area (Å²) in [6.07, 6.45) is 0. The summed E-state index contributed by atoms with van der Waals surface area (Å²) >= 11 is 0. The van der Waals surface area contributed by atoms with E-state index < -0.39 is 11.8 Å². The number of para-hydroxylation sites is 1. The number of hydrogen-bond donors (Lipinski definition) is 2. The van der Waals surface area contributed by atoms with Gasteiger partial charge in [-0.2, -0.15) is 0 Å². The highest BCUT2D eigenvalue weighted by atomic mass is 16.3. The predicted molar refractivity (Wildman–Crippen MR) is 75.8 cm³/mol. The Kier molecular flexibility index (Phi) is 3.84. The standard InChI is InChI=1S/C16H15NO3/c1-10-6-5-8-12(11(10)2)15(19)17-16(20)13-7-3-4-9-14(13)18/h3-9,18H,1-2H3,(H,17,19,20). The maximum atomic E-state index is 12.1. The zero-order valence-electron chi connectivity index (χ0n) is 11.3. The van der Waals surface area contributed by atoms with Gasteiger partial charge in [-0.3, -0.25) is 14.9 Å². The van der Waals surface area contributed by atoms with E-state index in [9.17, 15) is 14.7 Å². The smallest absolute Gasteiger partial charge is 0.261 e. The van der Waals surface area contributed by atoms with Crippen LogP contribution in [0.25, 0.3) is 0 Å². The molecule has 0 aliphatic carbocycles. The molecule has 0 aromatic heterocycles. The number of nitrogens with one attached hydrogen (secondary N) is 1. The average Bonchev–Trinajstić information content (AvgIpc) is 2.42. The fourth-order valence-corrected chi connectivity index (χ4v) is 1.90. The third-order valence-electron chi connectivity index (χ3n) is 3.22. The molecule has 0 saturated heterocycles. The number of aryl methyl sites for hydroxylation is 1. The molecule has 0 radical (unpaired) electrons. The maximum absolute atomic E-state index is 12.1. The van der Waals surface area contributed by atoms with Crippen LogP contribution in [0.2, 0.25) is 0 Å². The maximum Gasteiger partial charge on any atom is 0.261 e. The van der Waals surface area contributed by atoms with Crippen molar-refractivity contribution in [3.8, 4) is 5.75 Å². The molecule has 0 aliphatic heterocycles. The SMILES string of the molecule is Cc1cccc(C(=O)NC(=O)c2ccccc2O)c1C. The van der Waals surface area contributed by atoms with E-state index >= 15 is 0 Å². The number of rotatable bonds is 2. The minimum Gasteiger partial charge on any atom is -0.507 e. The molecule has 4 heteroatoms. The van der Waals surface area contributed by atoms with Gasteiger partial charge < -0.3 is 5.11 Å². The topological polar surface area (TPSA) is 66.4 Å². The second-order valence-corrected chi connectivity index (χ2v) is 4.55. The highest BCUT2D eigenvalue weighted by molar-refractivity contribution is 6.11. The first-order valence-electron chi connectivity index (χ1n) is 6.20. The van der Waals surface area contributed by atoms with Gasteiger partial charge in [-0.15, -0.1) is 0 Å². The van der Waals surface area contributed by atoms with E-state index in [0.717, 1.165) is 11.1 Å². The van der Waals surface area contributed by atoms with Gasteiger partial charge in [0.1, 0.15) is 5.75 Å². The monoisotopic (exact) mass is 269 g/mol. The van der Waals surface area contributed by atoms with Crippen molar-refractivity contribution in [2.45, 2.75) is 13.8 Å². The highest BCUT2D eigenvalue weighted by Crippen LogP contribution is 2.16. The molecule has 0 aliphatic rings. The van der Waals surface area contributed by atoms with Gasteiger partial charge in [0.25, 0.3) is 11.8 Å². The molecule has 2 rings (SSSR count). The molecule has 20 heavy (non-hydrogen) atoms. The Morgan fingerprint density at radius 1 is 0.900 bits per heavy atom. The van der Waals surface area contributed by atoms with Crippen molar-refractivity contribution in [3.63, 3.8) is 0 Å². The van der Waals surface area contributed by atoms with E-state index in [1.807, 2.05) is 19.9 Å². The molecule has 2 aromatic rings. The van der Waals surface area contributed by atoms with E-state index in [1.165, 1.54) is 12.1 Å². The summed E-state index contributed by atoms with van der Waals surface area (Å²) in [5, 5.41) is 11.9. The second-order valence-electron chi connectivity index (χ2n) is 4.55. The molecular weight excluding hydrogens is 254 g/mol. The number of aromatic hydroxyl groups is 1. The molecule has 0 saturated carbocycles. The van der Waals surface area contributed by atoms with Crippen LogP contribution in [0.4, 0.5) is 0 Å². The number of imide groups is 1. The number of carbonyl (C=O) groups excluding carboxylic acids is 2. The lowest BCUT2D eigenvalue weighted by atomic mass is 10.0. The van der Waals surface area contributed by atoms with Gasteiger partial charge in [0.05, 0.1) is 5.56 Å². The Labute approximate surface area is 117 Å². The van der Waals surface area contributed by atoms with Crippen molar-refractivity contribution in [1.82, 2.24) is 5.32 Å². The third-order valence-corrected chi connectivity index (χ3v) is 3.22. The number of benzene rings is 2. The third kappa shape index (κ3) is 2.69. The first kappa shape index (κ1) is 13.8. The molecular formula is C16H15NO3. The first-order chi connectivity index (χ1) is 9.50. The van der Waals surface area contributed by atoms with Gasteiger partial charge in [0, 0.05) is 5.56 Å². The first-order valence-corrected chi connectivity index (χ1v) is 6.20. The number of amides is 2. The van der Waals surface area contributed by atoms with Crippen LogP contribution in [-0.4, -0.2) is 16.9 Å². The molecule has 2 aromatic carbocycles. The normalized spacial score (nSPS) is 10.1. The zero-order chi connectivity index (χ0) is 14.7. The molecule has 0 atom stereocenters. The Balaban J connectivity index is 2.22. The molecule has 0 bridgehead atoms. The van der Waals surface area contributed by atoms with Gasteiger partial charge >= 0.3 is 0 Å². The number of phenols is 1. The molecule has 2 N–H and O–H groups in total. The summed E-state index contributed by atoms with van der Waals surface area (Å²) < 4.78 is 0. The summed E-state index contributed by atoms with van der Waals surface area (Å²) in [4.78, 5) is 24.1. The van der Waals surface area contributed by atoms with Crippen LogP contribution in [0, 0.1) is 13.8 Å². The lowest BCUT2D eigenvalue weighted by Gasteiger charge is -2.09. The van der Waals surface area contributed by atoms with Crippen molar-refractivity contribution < 1.29 is 14.7 Å². The summed E-state index contributed by atoms with van der Waals surface area (Å²) in [6, 6.07) is 11.4. The van der Waals surface area contributed by atoms with Gasteiger partial charge in [-0.1, -0.05) is 24.3 Å². The molecule has 102 valence electrons. The number of phenolic OH excluding ortho intramolecular Hbond substituents is 1. The van der Waals surface area contributed by atoms with Crippen LogP contribution in [-0.2, 0) is 0 Å². The summed E-state index contributed by atoms with van der Waals surface area (Å²) in [7, 11) is 0. The number of hydrogen-bond acceptors (Lipinski definition) is 3. The largest absolute Gasteiger partial charge is 0.507 e. The van der Waals surface area contributed by atoms with Crippen LogP contribution in [0.3, 0.4) is 0 Å². The van der Waals surface area contributed by atoms with Crippen LogP contribution in [0.15, 0.2) is 42.5 Å². The Hall–Kier alpha value is -2.62. The summed E-state index contributed by atoms with van der Waals surface area (Å²) in [6.45, 7) is 3.73. The van der Waals surface area contributed by atoms with Crippen LogP contribution >= 0.6 is 0 Å². The molecule has 0 fully saturated rings. The van der Waals surface area contributed by atoms with Crippen LogP contribution in [0.5, 0.6) is 5.75 Å². The molecule has 4 nitrogen and oxygen atoms in total. The lowest BCUT2D eigenvalue weighted by Crippen LogP contribution is -2.31. The summed E-state index contributed by atoms with van der Waals surface area (Å²) in [5.74, 6) is -1.24. The fourth-order valence-electron chi connectivity index (χ4n) is 1.90. The highest BCUT2D eigenvalue weighted by Gasteiger charge is 2.16. The van der Waals surface area contributed by atoms with E-state index in [-0.39, 0.29) is 11.3 Å². The van der Waals surface area contributed by atoms with Gasteiger partial charge in [0.2, 0.25) is 0 Å². The summed E-state index contributed by atoms with van der Waals surface area (Å²) in [5.41, 5.74) is 2.34. The minimum absolute atomic E-state index is 0.0751. The Morgan fingerprint density at radius 3 is 2.20 bits per heavy atom. The fraction of sp³-hybridized carbons (Fsp3) is 0.125. The molecule has 0 heterocycles. The molecule has 0 spiro atoms. The minimum atomic E-state index is -0.617. The van der Waals surface area contributed by atoms with Gasteiger partial charge in [-0.05, 0) is 43.2 Å². The van der Waals surface area contributed by atoms with Crippen LogP contribution in [0.1, 0.15) is 31.8 Å². The van der Waals surface area contributed by atoms with Gasteiger partial charge in [0.15, 0.2) is 0 Å². The Morgan fingerprint density at radius 2 is 1.50 bits per heavy atom. The lowest BCUT2D eigenvalue weighted by molar-refractivity contribution is 0.0847. The van der Waals surface area contributed by atoms with E-state index in [1.54, 1.807) is 24.3 Å². The molecule has 2 amide bonds. The van der Waals surface area contributed by atoms with E-state index in [0.29, 0.717) is 5.56 Å².